The molecule has 0 aromatic heterocycles. The fourth-order valence-corrected chi connectivity index (χ4v) is 1.88. The van der Waals surface area contributed by atoms with Crippen molar-refractivity contribution in [2.24, 2.45) is 11.0 Å². The molecule has 1 saturated heterocycles. The van der Waals surface area contributed by atoms with Gasteiger partial charge in [0.25, 0.3) is 5.91 Å². The van der Waals surface area contributed by atoms with E-state index in [9.17, 15) is 9.59 Å². The number of likely N-dealkylation sites (tertiary alicyclic amines) is 1. The highest BCUT2D eigenvalue weighted by Crippen LogP contribution is 2.16. The van der Waals surface area contributed by atoms with E-state index in [0.29, 0.717) is 11.6 Å². The van der Waals surface area contributed by atoms with Gasteiger partial charge >= 0.3 is 0 Å². The molecule has 5 nitrogen and oxygen atoms in total. The second kappa shape index (κ2) is 4.00. The molecule has 5 heteroatoms. The van der Waals surface area contributed by atoms with Crippen molar-refractivity contribution in [3.63, 3.8) is 0 Å². The number of hydrogen-bond acceptors (Lipinski definition) is 3. The Bertz CT molecular complexity index is 317. The Morgan fingerprint density at radius 1 is 1.47 bits per heavy atom. The van der Waals surface area contributed by atoms with Crippen LogP contribution in [0.5, 0.6) is 0 Å². The first-order valence-corrected chi connectivity index (χ1v) is 5.31. The summed E-state index contributed by atoms with van der Waals surface area (Å²) >= 11 is 0. The maximum Gasteiger partial charge on any atom is 0.270 e. The lowest BCUT2D eigenvalue weighted by Crippen LogP contribution is -2.41. The average Bonchev–Trinajstić information content (AvgIpc) is 2.65. The second-order valence-electron chi connectivity index (χ2n) is 4.24. The highest BCUT2D eigenvalue weighted by Gasteiger charge is 2.28. The normalized spacial score (nSPS) is 22.6. The van der Waals surface area contributed by atoms with Gasteiger partial charge in [-0.15, -0.1) is 0 Å². The van der Waals surface area contributed by atoms with Crippen LogP contribution in [-0.4, -0.2) is 35.5 Å². The topological polar surface area (TPSA) is 61.8 Å². The average molecular weight is 209 g/mol. The first-order chi connectivity index (χ1) is 7.16. The lowest BCUT2D eigenvalue weighted by molar-refractivity contribution is -0.126. The summed E-state index contributed by atoms with van der Waals surface area (Å²) in [4.78, 5) is 24.5. The maximum absolute atomic E-state index is 11.9. The molecule has 2 amide bonds. The van der Waals surface area contributed by atoms with Gasteiger partial charge in [-0.3, -0.25) is 9.59 Å². The highest BCUT2D eigenvalue weighted by atomic mass is 16.2. The molecular formula is C10H15N3O2. The molecule has 0 aromatic carbocycles. The first kappa shape index (κ1) is 10.1. The number of nitrogens with zero attached hydrogens (tertiary/aromatic N) is 2. The lowest BCUT2D eigenvalue weighted by atomic mass is 9.99. The molecule has 0 spiro atoms. The number of piperidine rings is 1. The van der Waals surface area contributed by atoms with Crippen molar-refractivity contribution in [1.82, 2.24) is 10.3 Å². The summed E-state index contributed by atoms with van der Waals surface area (Å²) in [5.41, 5.74) is 2.66. The molecule has 0 atom stereocenters. The van der Waals surface area contributed by atoms with Crippen LogP contribution >= 0.6 is 0 Å². The molecule has 2 heterocycles. The first-order valence-electron chi connectivity index (χ1n) is 5.31. The SMILES string of the molecule is CC1CCN(C(=O)C2=NNC(=O)C2)CC1. The van der Waals surface area contributed by atoms with Crippen molar-refractivity contribution in [1.29, 1.82) is 0 Å². The lowest BCUT2D eigenvalue weighted by Gasteiger charge is -2.29. The van der Waals surface area contributed by atoms with E-state index in [2.05, 4.69) is 17.5 Å². The van der Waals surface area contributed by atoms with Crippen LogP contribution in [0.4, 0.5) is 0 Å². The Morgan fingerprint density at radius 3 is 2.67 bits per heavy atom. The molecule has 2 aliphatic rings. The Morgan fingerprint density at radius 2 is 2.13 bits per heavy atom. The van der Waals surface area contributed by atoms with Crippen molar-refractivity contribution in [2.45, 2.75) is 26.2 Å². The van der Waals surface area contributed by atoms with Gasteiger partial charge in [-0.2, -0.15) is 5.10 Å². The van der Waals surface area contributed by atoms with Gasteiger partial charge in [-0.05, 0) is 18.8 Å². The van der Waals surface area contributed by atoms with Crippen LogP contribution in [-0.2, 0) is 9.59 Å². The van der Waals surface area contributed by atoms with Crippen molar-refractivity contribution in [2.75, 3.05) is 13.1 Å². The summed E-state index contributed by atoms with van der Waals surface area (Å²) in [5, 5.41) is 3.74. The van der Waals surface area contributed by atoms with E-state index in [-0.39, 0.29) is 18.2 Å². The van der Waals surface area contributed by atoms with Gasteiger partial charge in [0, 0.05) is 13.1 Å². The molecule has 0 aromatic rings. The van der Waals surface area contributed by atoms with Gasteiger partial charge in [0.2, 0.25) is 5.91 Å². The van der Waals surface area contributed by atoms with Gasteiger partial charge < -0.3 is 4.90 Å². The smallest absolute Gasteiger partial charge is 0.270 e. The van der Waals surface area contributed by atoms with E-state index in [1.165, 1.54) is 0 Å². The number of amides is 2. The van der Waals surface area contributed by atoms with E-state index >= 15 is 0 Å². The summed E-state index contributed by atoms with van der Waals surface area (Å²) in [5.74, 6) is 0.420. The number of carbonyl (C=O) groups excluding carboxylic acids is 2. The Hall–Kier alpha value is -1.39. The Kier molecular flexibility index (Phi) is 2.70. The molecule has 0 bridgehead atoms. The van der Waals surface area contributed by atoms with Gasteiger partial charge in [0.05, 0.1) is 6.42 Å². The zero-order valence-electron chi connectivity index (χ0n) is 8.82. The molecule has 2 rings (SSSR count). The minimum atomic E-state index is -0.191. The fraction of sp³-hybridized carbons (Fsp3) is 0.700. The van der Waals surface area contributed by atoms with Crippen LogP contribution in [0, 0.1) is 5.92 Å². The summed E-state index contributed by atoms with van der Waals surface area (Å²) in [6.45, 7) is 3.76. The molecule has 82 valence electrons. The third-order valence-electron chi connectivity index (χ3n) is 2.96. The molecule has 2 aliphatic heterocycles. The van der Waals surface area contributed by atoms with Gasteiger partial charge in [-0.1, -0.05) is 6.92 Å². The van der Waals surface area contributed by atoms with Crippen LogP contribution < -0.4 is 5.43 Å². The minimum absolute atomic E-state index is 0.0831. The summed E-state index contributed by atoms with van der Waals surface area (Å²) < 4.78 is 0. The van der Waals surface area contributed by atoms with Gasteiger partial charge in [-0.25, -0.2) is 5.43 Å². The predicted octanol–water partition coefficient (Wildman–Crippen LogP) is 0.121. The number of rotatable bonds is 1. The van der Waals surface area contributed by atoms with E-state index in [1.54, 1.807) is 4.90 Å². The number of nitrogens with one attached hydrogen (secondary N) is 1. The third-order valence-corrected chi connectivity index (χ3v) is 2.96. The molecule has 15 heavy (non-hydrogen) atoms. The van der Waals surface area contributed by atoms with Crippen LogP contribution in [0.3, 0.4) is 0 Å². The van der Waals surface area contributed by atoms with Crippen LogP contribution in [0.2, 0.25) is 0 Å². The standard InChI is InChI=1S/C10H15N3O2/c1-7-2-4-13(5-3-7)10(15)8-6-9(14)12-11-8/h7H,2-6H2,1H3,(H,12,14). The number of carbonyl (C=O) groups is 2. The van der Waals surface area contributed by atoms with Gasteiger partial charge in [0.1, 0.15) is 5.71 Å². The van der Waals surface area contributed by atoms with Crippen molar-refractivity contribution in [3.05, 3.63) is 0 Å². The third kappa shape index (κ3) is 2.16. The predicted molar refractivity (Wildman–Crippen MR) is 55.2 cm³/mol. The Balaban J connectivity index is 1.94. The zero-order valence-corrected chi connectivity index (χ0v) is 8.82. The monoisotopic (exact) mass is 209 g/mol. The van der Waals surface area contributed by atoms with Crippen LogP contribution in [0.15, 0.2) is 5.10 Å². The molecule has 1 N–H and O–H groups in total. The van der Waals surface area contributed by atoms with Crippen molar-refractivity contribution in [3.8, 4) is 0 Å². The molecule has 0 saturated carbocycles. The van der Waals surface area contributed by atoms with E-state index in [4.69, 9.17) is 0 Å². The van der Waals surface area contributed by atoms with Crippen molar-refractivity contribution >= 4 is 17.5 Å². The minimum Gasteiger partial charge on any atom is -0.338 e. The molecule has 0 radical (unpaired) electrons. The van der Waals surface area contributed by atoms with Crippen LogP contribution in [0.25, 0.3) is 0 Å². The largest absolute Gasteiger partial charge is 0.338 e. The second-order valence-corrected chi connectivity index (χ2v) is 4.24. The molecule has 1 fully saturated rings. The number of hydrazone groups is 1. The quantitative estimate of drug-likeness (QED) is 0.666. The molecule has 0 aliphatic carbocycles. The van der Waals surface area contributed by atoms with E-state index in [0.717, 1.165) is 25.9 Å². The van der Waals surface area contributed by atoms with Crippen molar-refractivity contribution < 1.29 is 9.59 Å². The Labute approximate surface area is 88.5 Å². The summed E-state index contributed by atoms with van der Waals surface area (Å²) in [6.07, 6.45) is 2.21. The van der Waals surface area contributed by atoms with E-state index < -0.39 is 0 Å². The maximum atomic E-state index is 11.9. The number of hydrogen-bond donors (Lipinski definition) is 1. The fourth-order valence-electron chi connectivity index (χ4n) is 1.88. The molecular weight excluding hydrogens is 194 g/mol. The summed E-state index contributed by atoms with van der Waals surface area (Å²) in [6, 6.07) is 0. The summed E-state index contributed by atoms with van der Waals surface area (Å²) in [7, 11) is 0. The van der Waals surface area contributed by atoms with E-state index in [1.807, 2.05) is 0 Å². The van der Waals surface area contributed by atoms with Crippen LogP contribution in [0.1, 0.15) is 26.2 Å². The van der Waals surface area contributed by atoms with Gasteiger partial charge in [0.15, 0.2) is 0 Å². The highest BCUT2D eigenvalue weighted by molar-refractivity contribution is 6.43. The zero-order chi connectivity index (χ0) is 10.8. The molecule has 0 unspecified atom stereocenters.